The predicted octanol–water partition coefficient (Wildman–Crippen LogP) is 6.93. The second-order valence-corrected chi connectivity index (χ2v) is 8.75. The van der Waals surface area contributed by atoms with Crippen LogP contribution in [-0.4, -0.2) is 22.5 Å². The SMILES string of the molecule is O=C1/C(=C\c2ccc(-c3ccc(F)cc3)o2)SC(=Nc2ccccc2)N1CCc1ccccc1. The first-order valence-corrected chi connectivity index (χ1v) is 11.7. The first kappa shape index (κ1) is 21.9. The maximum atomic E-state index is 13.3. The highest BCUT2D eigenvalue weighted by atomic mass is 32.2. The molecular formula is C28H21FN2O2S. The van der Waals surface area contributed by atoms with Crippen LogP contribution in [-0.2, 0) is 11.2 Å². The molecular weight excluding hydrogens is 447 g/mol. The van der Waals surface area contributed by atoms with Crippen molar-refractivity contribution in [3.05, 3.63) is 119 Å². The normalized spacial score (nSPS) is 16.0. The maximum absolute atomic E-state index is 13.3. The predicted molar refractivity (Wildman–Crippen MR) is 135 cm³/mol. The number of carbonyl (C=O) groups is 1. The second kappa shape index (κ2) is 9.93. The number of nitrogens with zero attached hydrogens (tertiary/aromatic N) is 2. The van der Waals surface area contributed by atoms with Gasteiger partial charge < -0.3 is 4.42 Å². The molecule has 0 saturated carbocycles. The standard InChI is InChI=1S/C28H21FN2O2S/c29-22-13-11-21(12-14-22)25-16-15-24(33-25)19-26-27(32)31(18-17-20-7-3-1-4-8-20)28(34-26)30-23-9-5-2-6-10-23/h1-16,19H,17-18H2/b26-19+,30-28?. The lowest BCUT2D eigenvalue weighted by Crippen LogP contribution is -2.31. The minimum absolute atomic E-state index is 0.102. The molecule has 0 N–H and O–H groups in total. The number of hydrogen-bond donors (Lipinski definition) is 0. The third-order valence-electron chi connectivity index (χ3n) is 5.36. The van der Waals surface area contributed by atoms with E-state index in [2.05, 4.69) is 12.1 Å². The van der Waals surface area contributed by atoms with Crippen molar-refractivity contribution in [3.63, 3.8) is 0 Å². The van der Waals surface area contributed by atoms with Gasteiger partial charge in [-0.2, -0.15) is 0 Å². The van der Waals surface area contributed by atoms with Crippen molar-refractivity contribution in [2.75, 3.05) is 6.54 Å². The number of thioether (sulfide) groups is 1. The van der Waals surface area contributed by atoms with Gasteiger partial charge >= 0.3 is 0 Å². The van der Waals surface area contributed by atoms with Crippen LogP contribution in [0.5, 0.6) is 0 Å². The fourth-order valence-electron chi connectivity index (χ4n) is 3.62. The molecule has 1 amide bonds. The van der Waals surface area contributed by atoms with Gasteiger partial charge in [-0.1, -0.05) is 48.5 Å². The van der Waals surface area contributed by atoms with E-state index >= 15 is 0 Å². The summed E-state index contributed by atoms with van der Waals surface area (Å²) >= 11 is 1.34. The lowest BCUT2D eigenvalue weighted by Gasteiger charge is -2.15. The highest BCUT2D eigenvalue weighted by Gasteiger charge is 2.33. The van der Waals surface area contributed by atoms with Crippen LogP contribution >= 0.6 is 11.8 Å². The average Bonchev–Trinajstić information content (AvgIpc) is 3.44. The van der Waals surface area contributed by atoms with E-state index in [0.29, 0.717) is 28.1 Å². The summed E-state index contributed by atoms with van der Waals surface area (Å²) < 4.78 is 19.1. The van der Waals surface area contributed by atoms with Crippen molar-refractivity contribution in [1.82, 2.24) is 4.90 Å². The van der Waals surface area contributed by atoms with E-state index in [-0.39, 0.29) is 11.7 Å². The van der Waals surface area contributed by atoms with E-state index in [1.807, 2.05) is 54.6 Å². The van der Waals surface area contributed by atoms with Crippen LogP contribution < -0.4 is 0 Å². The van der Waals surface area contributed by atoms with Gasteiger partial charge in [0.2, 0.25) is 0 Å². The van der Waals surface area contributed by atoms with Gasteiger partial charge in [0.05, 0.1) is 10.6 Å². The Balaban J connectivity index is 1.41. The molecule has 4 aromatic rings. The zero-order valence-electron chi connectivity index (χ0n) is 18.2. The lowest BCUT2D eigenvalue weighted by atomic mass is 10.1. The van der Waals surface area contributed by atoms with E-state index in [1.165, 1.54) is 23.9 Å². The molecule has 0 radical (unpaired) electrons. The molecule has 1 aliphatic heterocycles. The number of hydrogen-bond acceptors (Lipinski definition) is 4. The minimum Gasteiger partial charge on any atom is -0.457 e. The Labute approximate surface area is 201 Å². The van der Waals surface area contributed by atoms with Crippen LogP contribution in [0.2, 0.25) is 0 Å². The molecule has 3 aromatic carbocycles. The first-order chi connectivity index (χ1) is 16.7. The molecule has 0 atom stereocenters. The smallest absolute Gasteiger partial charge is 0.266 e. The van der Waals surface area contributed by atoms with E-state index in [4.69, 9.17) is 9.41 Å². The number of para-hydroxylation sites is 1. The Morgan fingerprint density at radius 3 is 2.32 bits per heavy atom. The summed E-state index contributed by atoms with van der Waals surface area (Å²) in [6, 6.07) is 29.4. The molecule has 1 aliphatic rings. The molecule has 6 heteroatoms. The zero-order valence-corrected chi connectivity index (χ0v) is 19.0. The topological polar surface area (TPSA) is 45.8 Å². The van der Waals surface area contributed by atoms with Crippen LogP contribution in [0.3, 0.4) is 0 Å². The van der Waals surface area contributed by atoms with Crippen LogP contribution in [0.1, 0.15) is 11.3 Å². The molecule has 0 unspecified atom stereocenters. The van der Waals surface area contributed by atoms with E-state index in [1.54, 1.807) is 29.2 Å². The van der Waals surface area contributed by atoms with Crippen LogP contribution in [0.4, 0.5) is 10.1 Å². The number of amidine groups is 1. The summed E-state index contributed by atoms with van der Waals surface area (Å²) in [5.41, 5.74) is 2.72. The number of carbonyl (C=O) groups excluding carboxylic acids is 1. The van der Waals surface area contributed by atoms with Crippen molar-refractivity contribution in [3.8, 4) is 11.3 Å². The highest BCUT2D eigenvalue weighted by molar-refractivity contribution is 8.18. The number of furan rings is 1. The monoisotopic (exact) mass is 468 g/mol. The molecule has 0 bridgehead atoms. The van der Waals surface area contributed by atoms with Crippen molar-refractivity contribution in [1.29, 1.82) is 0 Å². The third kappa shape index (κ3) is 5.02. The van der Waals surface area contributed by atoms with Crippen LogP contribution in [0.25, 0.3) is 17.4 Å². The minimum atomic E-state index is -0.300. The fraction of sp³-hybridized carbons (Fsp3) is 0.0714. The van der Waals surface area contributed by atoms with Gasteiger partial charge in [-0.05, 0) is 72.3 Å². The Kier molecular flexibility index (Phi) is 6.40. The molecule has 0 spiro atoms. The molecule has 1 aromatic heterocycles. The Morgan fingerprint density at radius 2 is 1.59 bits per heavy atom. The quantitative estimate of drug-likeness (QED) is 0.288. The number of benzene rings is 3. The second-order valence-electron chi connectivity index (χ2n) is 7.74. The summed E-state index contributed by atoms with van der Waals surface area (Å²) in [4.78, 5) is 20.3. The number of aliphatic imine (C=N–C) groups is 1. The van der Waals surface area contributed by atoms with Gasteiger partial charge in [-0.3, -0.25) is 9.69 Å². The molecule has 5 rings (SSSR count). The van der Waals surface area contributed by atoms with Crippen molar-refractivity contribution >= 4 is 34.6 Å². The van der Waals surface area contributed by atoms with Crippen molar-refractivity contribution < 1.29 is 13.6 Å². The average molecular weight is 469 g/mol. The maximum Gasteiger partial charge on any atom is 0.266 e. The van der Waals surface area contributed by atoms with Gasteiger partial charge in [0.25, 0.3) is 5.91 Å². The molecule has 1 saturated heterocycles. The van der Waals surface area contributed by atoms with Crippen LogP contribution in [0, 0.1) is 5.82 Å². The summed E-state index contributed by atoms with van der Waals surface area (Å²) in [6.45, 7) is 0.526. The molecule has 4 nitrogen and oxygen atoms in total. The molecule has 34 heavy (non-hydrogen) atoms. The van der Waals surface area contributed by atoms with E-state index in [9.17, 15) is 9.18 Å². The fourth-order valence-corrected chi connectivity index (χ4v) is 4.62. The summed E-state index contributed by atoms with van der Waals surface area (Å²) in [7, 11) is 0. The molecule has 2 heterocycles. The first-order valence-electron chi connectivity index (χ1n) is 10.9. The Morgan fingerprint density at radius 1 is 0.882 bits per heavy atom. The number of rotatable bonds is 6. The summed E-state index contributed by atoms with van der Waals surface area (Å²) in [5, 5.41) is 0.642. The van der Waals surface area contributed by atoms with Gasteiger partial charge in [-0.25, -0.2) is 9.38 Å². The van der Waals surface area contributed by atoms with E-state index < -0.39 is 0 Å². The van der Waals surface area contributed by atoms with Gasteiger partial charge in [-0.15, -0.1) is 0 Å². The van der Waals surface area contributed by atoms with Crippen molar-refractivity contribution in [2.24, 2.45) is 4.99 Å². The lowest BCUT2D eigenvalue weighted by molar-refractivity contribution is -0.122. The summed E-state index contributed by atoms with van der Waals surface area (Å²) in [6.07, 6.45) is 2.47. The van der Waals surface area contributed by atoms with E-state index in [0.717, 1.165) is 23.2 Å². The molecule has 168 valence electrons. The third-order valence-corrected chi connectivity index (χ3v) is 6.37. The Hall–Kier alpha value is -3.90. The Bertz CT molecular complexity index is 1350. The highest BCUT2D eigenvalue weighted by Crippen LogP contribution is 2.35. The van der Waals surface area contributed by atoms with Gasteiger partial charge in [0.1, 0.15) is 17.3 Å². The summed E-state index contributed by atoms with van der Waals surface area (Å²) in [5.74, 6) is 0.766. The molecule has 0 aliphatic carbocycles. The van der Waals surface area contributed by atoms with Gasteiger partial charge in [0, 0.05) is 18.2 Å². The van der Waals surface area contributed by atoms with Crippen LogP contribution in [0.15, 0.2) is 111 Å². The molecule has 1 fully saturated rings. The van der Waals surface area contributed by atoms with Crippen molar-refractivity contribution in [2.45, 2.75) is 6.42 Å². The van der Waals surface area contributed by atoms with Gasteiger partial charge in [0.15, 0.2) is 5.17 Å². The largest absolute Gasteiger partial charge is 0.457 e. The number of amides is 1. The number of halogens is 1. The zero-order chi connectivity index (χ0) is 23.3.